The molecule has 0 saturated heterocycles. The molecule has 174 valence electrons. The molecule has 0 fully saturated rings. The van der Waals surface area contributed by atoms with E-state index in [1.807, 2.05) is 30.3 Å². The molecule has 3 N–H and O–H groups in total. The van der Waals surface area contributed by atoms with Crippen LogP contribution in [0.25, 0.3) is 16.8 Å². The molecule has 0 aromatic heterocycles. The lowest BCUT2D eigenvalue weighted by Crippen LogP contribution is -2.14. The highest BCUT2D eigenvalue weighted by molar-refractivity contribution is 7.89. The molecule has 0 heterocycles. The third-order valence-corrected chi connectivity index (χ3v) is 6.20. The number of hydrogen-bond donors (Lipinski definition) is 2. The molecule has 35 heavy (non-hydrogen) atoms. The average Bonchev–Trinajstić information content (AvgIpc) is 2.86. The predicted molar refractivity (Wildman–Crippen MR) is 135 cm³/mol. The van der Waals surface area contributed by atoms with Crippen molar-refractivity contribution in [2.75, 3.05) is 5.32 Å². The van der Waals surface area contributed by atoms with Crippen molar-refractivity contribution in [2.45, 2.75) is 11.5 Å². The largest absolute Gasteiger partial charge is 0.489 e. The maximum Gasteiger partial charge on any atom is 0.266 e. The van der Waals surface area contributed by atoms with Gasteiger partial charge in [-0.15, -0.1) is 0 Å². The number of nitrogens with one attached hydrogen (secondary N) is 1. The highest BCUT2D eigenvalue weighted by Crippen LogP contribution is 2.22. The van der Waals surface area contributed by atoms with Crippen LogP contribution in [0.4, 0.5) is 5.69 Å². The molecule has 0 spiro atoms. The number of sulfonamides is 1. The monoisotopic (exact) mass is 483 g/mol. The summed E-state index contributed by atoms with van der Waals surface area (Å²) in [7, 11) is -3.83. The Bertz CT molecular complexity index is 1550. The van der Waals surface area contributed by atoms with Crippen molar-refractivity contribution in [1.29, 1.82) is 5.26 Å². The summed E-state index contributed by atoms with van der Waals surface area (Å²) in [6, 6.07) is 28.5. The zero-order chi connectivity index (χ0) is 24.8. The third-order valence-electron chi connectivity index (χ3n) is 5.27. The summed E-state index contributed by atoms with van der Waals surface area (Å²) in [5.74, 6) is 0.0418. The van der Waals surface area contributed by atoms with Gasteiger partial charge in [-0.3, -0.25) is 4.79 Å². The van der Waals surface area contributed by atoms with Gasteiger partial charge in [0.2, 0.25) is 10.0 Å². The van der Waals surface area contributed by atoms with E-state index >= 15 is 0 Å². The van der Waals surface area contributed by atoms with Gasteiger partial charge < -0.3 is 10.1 Å². The lowest BCUT2D eigenvalue weighted by Gasteiger charge is -2.09. The van der Waals surface area contributed by atoms with E-state index in [2.05, 4.69) is 23.5 Å². The number of nitrogens with two attached hydrogens (primary N) is 1. The van der Waals surface area contributed by atoms with E-state index in [-0.39, 0.29) is 10.5 Å². The van der Waals surface area contributed by atoms with Crippen LogP contribution in [0.3, 0.4) is 0 Å². The molecule has 1 amide bonds. The summed E-state index contributed by atoms with van der Waals surface area (Å²) < 4.78 is 28.6. The maximum absolute atomic E-state index is 12.5. The fourth-order valence-corrected chi connectivity index (χ4v) is 4.00. The van der Waals surface area contributed by atoms with Crippen LogP contribution in [0.5, 0.6) is 5.75 Å². The van der Waals surface area contributed by atoms with Crippen molar-refractivity contribution in [3.63, 3.8) is 0 Å². The first kappa shape index (κ1) is 23.7. The second kappa shape index (κ2) is 10.2. The molecule has 0 aliphatic heterocycles. The fourth-order valence-electron chi connectivity index (χ4n) is 3.48. The molecule has 0 aliphatic carbocycles. The van der Waals surface area contributed by atoms with Gasteiger partial charge in [0.05, 0.1) is 4.90 Å². The summed E-state index contributed by atoms with van der Waals surface area (Å²) in [4.78, 5) is 12.4. The van der Waals surface area contributed by atoms with Crippen LogP contribution < -0.4 is 15.2 Å². The topological polar surface area (TPSA) is 122 Å². The van der Waals surface area contributed by atoms with Crippen molar-refractivity contribution >= 4 is 38.5 Å². The number of nitriles is 1. The number of rotatable bonds is 7. The molecule has 8 heteroatoms. The zero-order valence-electron chi connectivity index (χ0n) is 18.5. The van der Waals surface area contributed by atoms with Crippen molar-refractivity contribution < 1.29 is 17.9 Å². The molecular weight excluding hydrogens is 462 g/mol. The molecule has 4 aromatic carbocycles. The lowest BCUT2D eigenvalue weighted by atomic mass is 10.1. The number of nitrogens with zero attached hydrogens (tertiary/aromatic N) is 1. The third kappa shape index (κ3) is 5.92. The zero-order valence-corrected chi connectivity index (χ0v) is 19.3. The van der Waals surface area contributed by atoms with E-state index in [9.17, 15) is 18.5 Å². The molecule has 0 saturated carbocycles. The van der Waals surface area contributed by atoms with Crippen molar-refractivity contribution in [1.82, 2.24) is 0 Å². The van der Waals surface area contributed by atoms with Gasteiger partial charge in [-0.05, 0) is 64.4 Å². The second-order valence-corrected chi connectivity index (χ2v) is 9.25. The van der Waals surface area contributed by atoms with E-state index < -0.39 is 15.9 Å². The normalized spacial score (nSPS) is 11.6. The Morgan fingerprint density at radius 1 is 0.943 bits per heavy atom. The molecular formula is C27H21N3O4S. The number of primary sulfonamides is 1. The summed E-state index contributed by atoms with van der Waals surface area (Å²) in [5, 5.41) is 19.4. The first-order chi connectivity index (χ1) is 16.8. The number of fused-ring (bicyclic) bond motifs is 1. The summed E-state index contributed by atoms with van der Waals surface area (Å²) in [6.45, 7) is 0.409. The van der Waals surface area contributed by atoms with Crippen LogP contribution in [0.15, 0.2) is 101 Å². The van der Waals surface area contributed by atoms with Crippen LogP contribution >= 0.6 is 0 Å². The van der Waals surface area contributed by atoms with E-state index in [0.717, 1.165) is 16.3 Å². The van der Waals surface area contributed by atoms with Gasteiger partial charge in [-0.2, -0.15) is 5.26 Å². The Hall–Kier alpha value is -4.45. The van der Waals surface area contributed by atoms with Crippen LogP contribution in [-0.4, -0.2) is 14.3 Å². The minimum atomic E-state index is -3.83. The number of hydrogen-bond acceptors (Lipinski definition) is 5. The van der Waals surface area contributed by atoms with Gasteiger partial charge in [-0.1, -0.05) is 54.6 Å². The minimum absolute atomic E-state index is 0.0747. The number of carbonyl (C=O) groups excluding carboxylic acids is 1. The van der Waals surface area contributed by atoms with Gasteiger partial charge in [0.15, 0.2) is 0 Å². The number of amides is 1. The minimum Gasteiger partial charge on any atom is -0.489 e. The van der Waals surface area contributed by atoms with Gasteiger partial charge in [0, 0.05) is 5.69 Å². The smallest absolute Gasteiger partial charge is 0.266 e. The number of benzene rings is 4. The van der Waals surface area contributed by atoms with E-state index in [1.165, 1.54) is 30.3 Å². The molecule has 0 atom stereocenters. The summed E-state index contributed by atoms with van der Waals surface area (Å²) >= 11 is 0. The molecule has 0 radical (unpaired) electrons. The molecule has 4 rings (SSSR count). The van der Waals surface area contributed by atoms with Crippen LogP contribution in [0.1, 0.15) is 11.1 Å². The number of anilines is 1. The fraction of sp³-hybridized carbons (Fsp3) is 0.0370. The highest BCUT2D eigenvalue weighted by Gasteiger charge is 2.12. The molecule has 4 aromatic rings. The highest BCUT2D eigenvalue weighted by atomic mass is 32.2. The van der Waals surface area contributed by atoms with Gasteiger partial charge in [0.1, 0.15) is 24.0 Å². The quantitative estimate of drug-likeness (QED) is 0.294. The van der Waals surface area contributed by atoms with Crippen LogP contribution in [0.2, 0.25) is 0 Å². The van der Waals surface area contributed by atoms with Crippen molar-refractivity contribution in [2.24, 2.45) is 5.14 Å². The van der Waals surface area contributed by atoms with E-state index in [0.29, 0.717) is 23.6 Å². The Balaban J connectivity index is 1.42. The molecule has 7 nitrogen and oxygen atoms in total. The first-order valence-corrected chi connectivity index (χ1v) is 12.1. The van der Waals surface area contributed by atoms with Gasteiger partial charge >= 0.3 is 0 Å². The molecule has 0 bridgehead atoms. The Morgan fingerprint density at radius 3 is 2.31 bits per heavy atom. The first-order valence-electron chi connectivity index (χ1n) is 10.6. The molecule has 0 unspecified atom stereocenters. The SMILES string of the molecule is N#CC(=Cc1ccc(OCc2cccc3ccccc23)cc1)C(=O)Nc1ccc(S(N)(=O)=O)cc1. The number of carbonyl (C=O) groups is 1. The lowest BCUT2D eigenvalue weighted by molar-refractivity contribution is -0.112. The van der Waals surface area contributed by atoms with Crippen molar-refractivity contribution in [3.8, 4) is 11.8 Å². The van der Waals surface area contributed by atoms with E-state index in [4.69, 9.17) is 9.88 Å². The van der Waals surface area contributed by atoms with Crippen LogP contribution in [-0.2, 0) is 21.4 Å². The Morgan fingerprint density at radius 2 is 1.63 bits per heavy atom. The summed E-state index contributed by atoms with van der Waals surface area (Å²) in [6.07, 6.45) is 1.46. The second-order valence-electron chi connectivity index (χ2n) is 7.69. The summed E-state index contributed by atoms with van der Waals surface area (Å²) in [5.41, 5.74) is 1.96. The van der Waals surface area contributed by atoms with E-state index in [1.54, 1.807) is 24.3 Å². The maximum atomic E-state index is 12.5. The Kier molecular flexibility index (Phi) is 6.92. The van der Waals surface area contributed by atoms with Crippen LogP contribution in [0, 0.1) is 11.3 Å². The van der Waals surface area contributed by atoms with Crippen molar-refractivity contribution in [3.05, 3.63) is 108 Å². The van der Waals surface area contributed by atoms with Gasteiger partial charge in [-0.25, -0.2) is 13.6 Å². The predicted octanol–water partition coefficient (Wildman–Crippen LogP) is 4.61. The standard InChI is InChI=1S/C27H21N3O4S/c28-17-22(27(31)30-23-10-14-25(15-11-23)35(29,32)33)16-19-8-12-24(13-9-19)34-18-21-6-3-5-20-4-1-2-7-26(20)21/h1-16H,18H2,(H,30,31)(H2,29,32,33). The average molecular weight is 484 g/mol. The molecule has 0 aliphatic rings. The number of ether oxygens (including phenoxy) is 1. The Labute approximate surface area is 203 Å². The van der Waals surface area contributed by atoms with Gasteiger partial charge in [0.25, 0.3) is 5.91 Å².